The van der Waals surface area contributed by atoms with Gasteiger partial charge in [-0.2, -0.15) is 0 Å². The Bertz CT molecular complexity index is 656. The van der Waals surface area contributed by atoms with Crippen molar-refractivity contribution >= 4 is 51.7 Å². The van der Waals surface area contributed by atoms with Gasteiger partial charge in [0.1, 0.15) is 5.82 Å². The summed E-state index contributed by atoms with van der Waals surface area (Å²) in [5.41, 5.74) is 7.40. The van der Waals surface area contributed by atoms with Gasteiger partial charge in [0.15, 0.2) is 5.96 Å². The molecule has 0 atom stereocenters. The Hall–Kier alpha value is -1.15. The Morgan fingerprint density at radius 2 is 1.95 bits per heavy atom. The molecule has 22 heavy (non-hydrogen) atoms. The van der Waals surface area contributed by atoms with E-state index in [4.69, 9.17) is 5.73 Å². The number of anilines is 1. The molecule has 1 aliphatic rings. The van der Waals surface area contributed by atoms with Gasteiger partial charge in [0.2, 0.25) is 0 Å². The predicted molar refractivity (Wildman–Crippen MR) is 105 cm³/mol. The molecule has 1 heterocycles. The molecule has 0 amide bonds. The average Bonchev–Trinajstić information content (AvgIpc) is 3.28. The standard InChI is InChI=1S/C16H17BrN4.HI/c17-13-6-2-1-5-12(13)16(8-9-16)11-20-15(18)21-14-7-3-4-10-19-14;/h1-7,10H,8-9,11H2,(H3,18,19,20,21);1H. The molecule has 3 rings (SSSR count). The Morgan fingerprint density at radius 1 is 1.23 bits per heavy atom. The van der Waals surface area contributed by atoms with Gasteiger partial charge >= 0.3 is 0 Å². The molecule has 4 nitrogen and oxygen atoms in total. The smallest absolute Gasteiger partial charge is 0.194 e. The maximum atomic E-state index is 5.94. The first-order valence-electron chi connectivity index (χ1n) is 6.93. The van der Waals surface area contributed by atoms with Crippen molar-refractivity contribution in [3.05, 3.63) is 58.7 Å². The molecule has 1 aliphatic carbocycles. The molecule has 1 fully saturated rings. The van der Waals surface area contributed by atoms with Crippen LogP contribution in [0.2, 0.25) is 0 Å². The lowest BCUT2D eigenvalue weighted by molar-refractivity contribution is 0.702. The van der Waals surface area contributed by atoms with E-state index in [0.29, 0.717) is 18.3 Å². The van der Waals surface area contributed by atoms with Gasteiger partial charge in [0.05, 0.1) is 6.54 Å². The normalized spacial score (nSPS) is 15.8. The third-order valence-electron chi connectivity index (χ3n) is 3.77. The van der Waals surface area contributed by atoms with Crippen LogP contribution in [0.4, 0.5) is 5.82 Å². The van der Waals surface area contributed by atoms with Crippen LogP contribution in [-0.2, 0) is 5.41 Å². The number of halogens is 2. The summed E-state index contributed by atoms with van der Waals surface area (Å²) in [4.78, 5) is 8.67. The summed E-state index contributed by atoms with van der Waals surface area (Å²) in [6.45, 7) is 0.696. The topological polar surface area (TPSA) is 63.3 Å². The van der Waals surface area contributed by atoms with E-state index in [-0.39, 0.29) is 29.4 Å². The second kappa shape index (κ2) is 7.41. The highest BCUT2D eigenvalue weighted by Crippen LogP contribution is 2.50. The van der Waals surface area contributed by atoms with Crippen LogP contribution in [-0.4, -0.2) is 17.5 Å². The number of aromatic nitrogens is 1. The second-order valence-corrected chi connectivity index (χ2v) is 6.16. The van der Waals surface area contributed by atoms with Crippen molar-refractivity contribution in [3.63, 3.8) is 0 Å². The molecular weight excluding hydrogens is 455 g/mol. The summed E-state index contributed by atoms with van der Waals surface area (Å²) in [5, 5.41) is 3.01. The zero-order valence-corrected chi connectivity index (χ0v) is 15.9. The number of nitrogens with zero attached hydrogens (tertiary/aromatic N) is 2. The summed E-state index contributed by atoms with van der Waals surface area (Å²) < 4.78 is 1.15. The highest BCUT2D eigenvalue weighted by atomic mass is 127. The van der Waals surface area contributed by atoms with Crippen molar-refractivity contribution in [2.45, 2.75) is 18.3 Å². The molecule has 116 valence electrons. The van der Waals surface area contributed by atoms with E-state index in [9.17, 15) is 0 Å². The number of rotatable bonds is 4. The molecule has 0 aliphatic heterocycles. The van der Waals surface area contributed by atoms with Gasteiger partial charge in [-0.25, -0.2) is 4.98 Å². The van der Waals surface area contributed by atoms with Crippen LogP contribution < -0.4 is 11.1 Å². The molecule has 2 aromatic rings. The fourth-order valence-electron chi connectivity index (χ4n) is 2.40. The lowest BCUT2D eigenvalue weighted by atomic mass is 9.96. The molecule has 0 radical (unpaired) electrons. The SMILES string of the molecule is I.NC(=NCC1(c2ccccc2Br)CC1)Nc1ccccn1. The molecule has 6 heteroatoms. The highest BCUT2D eigenvalue weighted by Gasteiger charge is 2.45. The summed E-state index contributed by atoms with van der Waals surface area (Å²) >= 11 is 3.63. The van der Waals surface area contributed by atoms with Crippen LogP contribution in [0.25, 0.3) is 0 Å². The van der Waals surface area contributed by atoms with Crippen LogP contribution in [0.5, 0.6) is 0 Å². The fourth-order valence-corrected chi connectivity index (χ4v) is 3.10. The van der Waals surface area contributed by atoms with Gasteiger partial charge < -0.3 is 11.1 Å². The van der Waals surface area contributed by atoms with Gasteiger partial charge in [-0.15, -0.1) is 24.0 Å². The molecule has 0 spiro atoms. The minimum Gasteiger partial charge on any atom is -0.370 e. The van der Waals surface area contributed by atoms with E-state index < -0.39 is 0 Å². The van der Waals surface area contributed by atoms with Gasteiger partial charge in [-0.1, -0.05) is 40.2 Å². The van der Waals surface area contributed by atoms with Crippen molar-refractivity contribution in [1.29, 1.82) is 0 Å². The number of nitrogens with one attached hydrogen (secondary N) is 1. The molecule has 1 aromatic carbocycles. The lowest BCUT2D eigenvalue weighted by Gasteiger charge is -2.15. The van der Waals surface area contributed by atoms with Gasteiger partial charge in [0.25, 0.3) is 0 Å². The van der Waals surface area contributed by atoms with Crippen LogP contribution >= 0.6 is 39.9 Å². The van der Waals surface area contributed by atoms with E-state index in [1.807, 2.05) is 24.3 Å². The molecule has 0 bridgehead atoms. The van der Waals surface area contributed by atoms with E-state index in [1.54, 1.807) is 6.20 Å². The zero-order chi connectivity index (χ0) is 14.7. The van der Waals surface area contributed by atoms with Gasteiger partial charge in [-0.3, -0.25) is 4.99 Å². The third kappa shape index (κ3) is 3.98. The van der Waals surface area contributed by atoms with Crippen LogP contribution in [0.15, 0.2) is 58.1 Å². The van der Waals surface area contributed by atoms with Crippen LogP contribution in [0.1, 0.15) is 18.4 Å². The molecular formula is C16H18BrIN4. The number of aliphatic imine (C=N–C) groups is 1. The van der Waals surface area contributed by atoms with E-state index in [0.717, 1.165) is 17.3 Å². The average molecular weight is 473 g/mol. The fraction of sp³-hybridized carbons (Fsp3) is 0.250. The number of pyridine rings is 1. The maximum Gasteiger partial charge on any atom is 0.194 e. The van der Waals surface area contributed by atoms with Crippen molar-refractivity contribution in [1.82, 2.24) is 4.98 Å². The van der Waals surface area contributed by atoms with E-state index in [1.165, 1.54) is 5.56 Å². The number of guanidine groups is 1. The van der Waals surface area contributed by atoms with Gasteiger partial charge in [0, 0.05) is 16.1 Å². The Kier molecular flexibility index (Phi) is 5.80. The molecule has 1 saturated carbocycles. The Morgan fingerprint density at radius 3 is 2.59 bits per heavy atom. The van der Waals surface area contributed by atoms with Crippen molar-refractivity contribution < 1.29 is 0 Å². The zero-order valence-electron chi connectivity index (χ0n) is 12.0. The third-order valence-corrected chi connectivity index (χ3v) is 4.46. The second-order valence-electron chi connectivity index (χ2n) is 5.30. The molecule has 0 unspecified atom stereocenters. The van der Waals surface area contributed by atoms with Crippen molar-refractivity contribution in [2.75, 3.05) is 11.9 Å². The van der Waals surface area contributed by atoms with Gasteiger partial charge in [-0.05, 0) is 36.6 Å². The Labute approximate surface area is 155 Å². The quantitative estimate of drug-likeness (QED) is 0.402. The molecule has 3 N–H and O–H groups in total. The van der Waals surface area contributed by atoms with Crippen molar-refractivity contribution in [3.8, 4) is 0 Å². The van der Waals surface area contributed by atoms with E-state index in [2.05, 4.69) is 49.4 Å². The first-order valence-corrected chi connectivity index (χ1v) is 7.72. The number of benzene rings is 1. The first-order chi connectivity index (χ1) is 10.2. The van der Waals surface area contributed by atoms with Crippen LogP contribution in [0, 0.1) is 0 Å². The number of nitrogens with two attached hydrogens (primary N) is 1. The summed E-state index contributed by atoms with van der Waals surface area (Å²) in [7, 11) is 0. The lowest BCUT2D eigenvalue weighted by Crippen LogP contribution is -2.25. The minimum absolute atomic E-state index is 0. The molecule has 0 saturated heterocycles. The number of hydrogen-bond donors (Lipinski definition) is 2. The maximum absolute atomic E-state index is 5.94. The largest absolute Gasteiger partial charge is 0.370 e. The first kappa shape index (κ1) is 17.2. The van der Waals surface area contributed by atoms with E-state index >= 15 is 0 Å². The monoisotopic (exact) mass is 472 g/mol. The number of hydrogen-bond acceptors (Lipinski definition) is 2. The van der Waals surface area contributed by atoms with Crippen LogP contribution in [0.3, 0.4) is 0 Å². The minimum atomic E-state index is 0. The van der Waals surface area contributed by atoms with Crippen molar-refractivity contribution in [2.24, 2.45) is 10.7 Å². The molecule has 1 aromatic heterocycles. The summed E-state index contributed by atoms with van der Waals surface area (Å²) in [6, 6.07) is 14.0. The highest BCUT2D eigenvalue weighted by molar-refractivity contribution is 14.0. The predicted octanol–water partition coefficient (Wildman–Crippen LogP) is 3.92. The summed E-state index contributed by atoms with van der Waals surface area (Å²) in [5.74, 6) is 1.12. The summed E-state index contributed by atoms with van der Waals surface area (Å²) in [6.07, 6.45) is 4.02. The Balaban J connectivity index is 0.00000176.